The van der Waals surface area contributed by atoms with Gasteiger partial charge in [0.25, 0.3) is 5.91 Å². The molecule has 0 aliphatic heterocycles. The van der Waals surface area contributed by atoms with E-state index in [1.165, 1.54) is 6.07 Å². The van der Waals surface area contributed by atoms with Crippen LogP contribution in [0.2, 0.25) is 0 Å². The van der Waals surface area contributed by atoms with Crippen molar-refractivity contribution in [1.29, 1.82) is 0 Å². The van der Waals surface area contributed by atoms with Gasteiger partial charge in [0, 0.05) is 5.69 Å². The average Bonchev–Trinajstić information content (AvgIpc) is 2.46. The van der Waals surface area contributed by atoms with E-state index >= 15 is 0 Å². The van der Waals surface area contributed by atoms with Crippen LogP contribution in [-0.4, -0.2) is 10.7 Å². The number of carbonyl (C=O) groups excluding carboxylic acids is 1. The predicted octanol–water partition coefficient (Wildman–Crippen LogP) is 5.11. The van der Waals surface area contributed by atoms with Gasteiger partial charge in [0.2, 0.25) is 0 Å². The zero-order valence-electron chi connectivity index (χ0n) is 11.0. The van der Waals surface area contributed by atoms with Crippen molar-refractivity contribution in [3.63, 3.8) is 0 Å². The minimum atomic E-state index is -4.41. The van der Waals surface area contributed by atoms with Crippen LogP contribution < -0.4 is 5.32 Å². The summed E-state index contributed by atoms with van der Waals surface area (Å²) in [6.45, 7) is 0. The highest BCUT2D eigenvalue weighted by Crippen LogP contribution is 2.32. The van der Waals surface area contributed by atoms with Crippen molar-refractivity contribution in [2.75, 3.05) is 5.32 Å². The van der Waals surface area contributed by atoms with E-state index in [1.807, 2.05) is 0 Å². The Hall–Kier alpha value is -1.72. The van der Waals surface area contributed by atoms with Gasteiger partial charge >= 0.3 is 6.18 Å². The summed E-state index contributed by atoms with van der Waals surface area (Å²) < 4.78 is 38.2. The molecular formula is C15H10Cl2F3NO. The van der Waals surface area contributed by atoms with E-state index in [1.54, 1.807) is 30.3 Å². The minimum Gasteiger partial charge on any atom is -0.324 e. The van der Waals surface area contributed by atoms with Crippen LogP contribution in [0.1, 0.15) is 5.56 Å². The number of halogens is 5. The third-order valence-corrected chi connectivity index (χ3v) is 3.25. The smallest absolute Gasteiger partial charge is 0.324 e. The second kappa shape index (κ2) is 6.58. The van der Waals surface area contributed by atoms with Crippen molar-refractivity contribution in [3.05, 3.63) is 54.1 Å². The van der Waals surface area contributed by atoms with E-state index < -0.39 is 22.5 Å². The number of hydrogen-bond donors (Lipinski definition) is 1. The summed E-state index contributed by atoms with van der Waals surface area (Å²) in [7, 11) is 0. The number of nitrogens with one attached hydrogen (secondary N) is 1. The Kier molecular flexibility index (Phi) is 4.98. The Balaban J connectivity index is 2.32. The fraction of sp³-hybridized carbons (Fsp3) is 0.133. The van der Waals surface area contributed by atoms with E-state index in [4.69, 9.17) is 23.2 Å². The van der Waals surface area contributed by atoms with Crippen molar-refractivity contribution in [3.8, 4) is 11.1 Å². The van der Waals surface area contributed by atoms with Gasteiger partial charge in [0.05, 0.1) is 5.56 Å². The first-order valence-electron chi connectivity index (χ1n) is 6.14. The van der Waals surface area contributed by atoms with Gasteiger partial charge in [-0.1, -0.05) is 47.5 Å². The molecular weight excluding hydrogens is 338 g/mol. The van der Waals surface area contributed by atoms with E-state index in [0.717, 1.165) is 12.1 Å². The minimum absolute atomic E-state index is 0.388. The summed E-state index contributed by atoms with van der Waals surface area (Å²) >= 11 is 10.9. The van der Waals surface area contributed by atoms with Crippen molar-refractivity contribution in [1.82, 2.24) is 0 Å². The summed E-state index contributed by atoms with van der Waals surface area (Å²) in [6, 6.07) is 11.3. The number of amides is 1. The van der Waals surface area contributed by atoms with Crippen molar-refractivity contribution in [2.45, 2.75) is 11.0 Å². The Morgan fingerprint density at radius 1 is 1.00 bits per heavy atom. The summed E-state index contributed by atoms with van der Waals surface area (Å²) in [5, 5.41) is 2.47. The average molecular weight is 348 g/mol. The molecule has 2 aromatic rings. The number of alkyl halides is 5. The predicted molar refractivity (Wildman–Crippen MR) is 81.0 cm³/mol. The van der Waals surface area contributed by atoms with E-state index in [9.17, 15) is 18.0 Å². The first kappa shape index (κ1) is 16.6. The maximum atomic E-state index is 12.7. The molecule has 0 bridgehead atoms. The second-order valence-electron chi connectivity index (χ2n) is 4.45. The fourth-order valence-electron chi connectivity index (χ4n) is 1.85. The molecule has 2 nitrogen and oxygen atoms in total. The maximum Gasteiger partial charge on any atom is 0.416 e. The van der Waals surface area contributed by atoms with Crippen LogP contribution in [-0.2, 0) is 11.0 Å². The molecule has 0 fully saturated rings. The molecule has 7 heteroatoms. The van der Waals surface area contributed by atoms with Crippen LogP contribution >= 0.6 is 23.2 Å². The third kappa shape index (κ3) is 4.15. The highest BCUT2D eigenvalue weighted by molar-refractivity contribution is 6.54. The lowest BCUT2D eigenvalue weighted by Crippen LogP contribution is -2.18. The highest BCUT2D eigenvalue weighted by Gasteiger charge is 2.30. The number of benzene rings is 2. The number of carbonyl (C=O) groups is 1. The monoisotopic (exact) mass is 347 g/mol. The van der Waals surface area contributed by atoms with Gasteiger partial charge in [0.15, 0.2) is 4.84 Å². The van der Waals surface area contributed by atoms with Crippen molar-refractivity contribution in [2.24, 2.45) is 0 Å². The van der Waals surface area contributed by atoms with Gasteiger partial charge in [-0.05, 0) is 35.4 Å². The molecule has 116 valence electrons. The molecule has 2 rings (SSSR count). The number of hydrogen-bond acceptors (Lipinski definition) is 1. The third-order valence-electron chi connectivity index (χ3n) is 2.85. The van der Waals surface area contributed by atoms with Gasteiger partial charge in [-0.15, -0.1) is 0 Å². The van der Waals surface area contributed by atoms with Crippen molar-refractivity contribution >= 4 is 34.8 Å². The molecule has 0 saturated carbocycles. The van der Waals surface area contributed by atoms with Crippen LogP contribution in [0.15, 0.2) is 48.5 Å². The van der Waals surface area contributed by atoms with E-state index in [0.29, 0.717) is 16.8 Å². The lowest BCUT2D eigenvalue weighted by Gasteiger charge is -2.10. The van der Waals surface area contributed by atoms with Crippen LogP contribution in [0.4, 0.5) is 18.9 Å². The molecule has 22 heavy (non-hydrogen) atoms. The molecule has 0 atom stereocenters. The molecule has 0 heterocycles. The van der Waals surface area contributed by atoms with Crippen LogP contribution in [0, 0.1) is 0 Å². The summed E-state index contributed by atoms with van der Waals surface area (Å²) in [5.74, 6) is -0.607. The normalized spacial score (nSPS) is 11.5. The lowest BCUT2D eigenvalue weighted by molar-refractivity contribution is -0.137. The van der Waals surface area contributed by atoms with Gasteiger partial charge in [0.1, 0.15) is 0 Å². The molecule has 0 unspecified atom stereocenters. The van der Waals surface area contributed by atoms with Gasteiger partial charge in [-0.2, -0.15) is 13.2 Å². The van der Waals surface area contributed by atoms with Crippen LogP contribution in [0.3, 0.4) is 0 Å². The largest absolute Gasteiger partial charge is 0.416 e. The molecule has 0 aromatic heterocycles. The van der Waals surface area contributed by atoms with Gasteiger partial charge in [-0.3, -0.25) is 4.79 Å². The Morgan fingerprint density at radius 2 is 1.59 bits per heavy atom. The Morgan fingerprint density at radius 3 is 2.18 bits per heavy atom. The molecule has 0 saturated heterocycles. The van der Waals surface area contributed by atoms with E-state index in [-0.39, 0.29) is 0 Å². The molecule has 1 N–H and O–H groups in total. The summed E-state index contributed by atoms with van der Waals surface area (Å²) in [4.78, 5) is 10.2. The molecule has 0 spiro atoms. The molecule has 0 aliphatic carbocycles. The van der Waals surface area contributed by atoms with Crippen molar-refractivity contribution < 1.29 is 18.0 Å². The number of anilines is 1. The standard InChI is InChI=1S/C15H10Cl2F3NO/c16-13(17)14(22)21-12-6-2-4-10(8-12)9-3-1-5-11(7-9)15(18,19)20/h1-8,13H,(H,21,22). The second-order valence-corrected chi connectivity index (χ2v) is 5.55. The van der Waals surface area contributed by atoms with Gasteiger partial charge < -0.3 is 5.32 Å². The maximum absolute atomic E-state index is 12.7. The Labute approximate surface area is 134 Å². The number of rotatable bonds is 3. The lowest BCUT2D eigenvalue weighted by atomic mass is 10.0. The van der Waals surface area contributed by atoms with Crippen LogP contribution in [0.25, 0.3) is 11.1 Å². The Bertz CT molecular complexity index is 686. The summed E-state index contributed by atoms with van der Waals surface area (Å²) in [5.41, 5.74) is 0.580. The molecule has 0 radical (unpaired) electrons. The molecule has 0 aliphatic rings. The zero-order chi connectivity index (χ0) is 16.3. The zero-order valence-corrected chi connectivity index (χ0v) is 12.5. The fourth-order valence-corrected chi connectivity index (χ4v) is 1.96. The SMILES string of the molecule is O=C(Nc1cccc(-c2cccc(C(F)(F)F)c2)c1)C(Cl)Cl. The van der Waals surface area contributed by atoms with E-state index in [2.05, 4.69) is 5.32 Å². The highest BCUT2D eigenvalue weighted by atomic mass is 35.5. The quantitative estimate of drug-likeness (QED) is 0.767. The molecule has 1 amide bonds. The first-order chi connectivity index (χ1) is 10.3. The molecule has 2 aromatic carbocycles. The summed E-state index contributed by atoms with van der Waals surface area (Å²) in [6.07, 6.45) is -4.41. The van der Waals surface area contributed by atoms with Gasteiger partial charge in [-0.25, -0.2) is 0 Å². The first-order valence-corrected chi connectivity index (χ1v) is 7.01. The van der Waals surface area contributed by atoms with Crippen LogP contribution in [0.5, 0.6) is 0 Å². The topological polar surface area (TPSA) is 29.1 Å².